The van der Waals surface area contributed by atoms with Crippen molar-refractivity contribution >= 4 is 28.8 Å². The van der Waals surface area contributed by atoms with Gasteiger partial charge in [0, 0.05) is 48.7 Å². The molecule has 2 fully saturated rings. The van der Waals surface area contributed by atoms with E-state index in [0.29, 0.717) is 55.7 Å². The van der Waals surface area contributed by atoms with Crippen LogP contribution < -0.4 is 5.73 Å². The van der Waals surface area contributed by atoms with Crippen molar-refractivity contribution in [2.75, 3.05) is 19.6 Å². The van der Waals surface area contributed by atoms with Crippen molar-refractivity contribution in [3.8, 4) is 5.69 Å². The van der Waals surface area contributed by atoms with E-state index < -0.39 is 17.6 Å². The lowest BCUT2D eigenvalue weighted by Crippen LogP contribution is -2.43. The molecule has 0 unspecified atom stereocenters. The van der Waals surface area contributed by atoms with Gasteiger partial charge < -0.3 is 20.1 Å². The highest BCUT2D eigenvalue weighted by Crippen LogP contribution is 2.27. The number of primary amides is 1. The van der Waals surface area contributed by atoms with E-state index in [-0.39, 0.29) is 11.8 Å². The van der Waals surface area contributed by atoms with Gasteiger partial charge in [0.2, 0.25) is 5.91 Å². The van der Waals surface area contributed by atoms with Gasteiger partial charge in [-0.3, -0.25) is 14.4 Å². The first-order valence-electron chi connectivity index (χ1n) is 11.9. The molecule has 2 aliphatic rings. The number of carbonyl (C=O) groups is 3. The number of nitrogens with zero attached hydrogens (tertiary/aromatic N) is 4. The molecule has 0 bridgehead atoms. The molecule has 3 aromatic rings. The monoisotopic (exact) mass is 477 g/mol. The van der Waals surface area contributed by atoms with Crippen LogP contribution in [0.15, 0.2) is 48.8 Å². The van der Waals surface area contributed by atoms with Crippen molar-refractivity contribution in [3.05, 3.63) is 59.9 Å². The number of nitrogens with two attached hydrogens (primary N) is 1. The fourth-order valence-corrected chi connectivity index (χ4v) is 4.97. The molecule has 9 heteroatoms. The molecule has 1 aromatic carbocycles. The normalized spacial score (nSPS) is 19.8. The Morgan fingerprint density at radius 3 is 2.57 bits per heavy atom. The maximum absolute atomic E-state index is 14.1. The van der Waals surface area contributed by atoms with Gasteiger partial charge in [-0.1, -0.05) is 6.07 Å². The summed E-state index contributed by atoms with van der Waals surface area (Å²) in [5, 5.41) is 0.785. The van der Waals surface area contributed by atoms with Gasteiger partial charge in [0.1, 0.15) is 17.4 Å². The maximum atomic E-state index is 14.1. The van der Waals surface area contributed by atoms with E-state index >= 15 is 0 Å². The Morgan fingerprint density at radius 1 is 1.06 bits per heavy atom. The maximum Gasteiger partial charge on any atom is 0.255 e. The van der Waals surface area contributed by atoms with Crippen molar-refractivity contribution in [1.29, 1.82) is 0 Å². The molecule has 2 aliphatic heterocycles. The Kier molecular flexibility index (Phi) is 5.78. The van der Waals surface area contributed by atoms with E-state index in [1.807, 2.05) is 22.9 Å². The zero-order chi connectivity index (χ0) is 24.7. The Labute approximate surface area is 202 Å². The standard InChI is InChI=1S/C26H28FN5O3/c1-26(27)8-12-30(13-9-26)24(34)19-14-17-7-11-31(23(17)29-16-19)20-5-2-4-18(15-20)25(35)32-10-3-6-21(32)22(28)33/h2,4-5,7,11,14-16,21H,3,6,8-10,12-13H2,1H3,(H2,28,33)/t21-/m0/s1. The van der Waals surface area contributed by atoms with Gasteiger partial charge in [-0.2, -0.15) is 0 Å². The molecule has 5 rings (SSSR count). The highest BCUT2D eigenvalue weighted by molar-refractivity contribution is 5.99. The molecule has 2 saturated heterocycles. The summed E-state index contributed by atoms with van der Waals surface area (Å²) >= 11 is 0. The van der Waals surface area contributed by atoms with Gasteiger partial charge in [0.05, 0.1) is 5.56 Å². The molecular formula is C26H28FN5O3. The molecule has 8 nitrogen and oxygen atoms in total. The fraction of sp³-hybridized carbons (Fsp3) is 0.385. The number of hydrogen-bond donors (Lipinski definition) is 1. The quantitative estimate of drug-likeness (QED) is 0.624. The van der Waals surface area contributed by atoms with Gasteiger partial charge in [-0.15, -0.1) is 0 Å². The molecule has 2 N–H and O–H groups in total. The van der Waals surface area contributed by atoms with Crippen LogP contribution in [0.25, 0.3) is 16.7 Å². The third-order valence-corrected chi connectivity index (χ3v) is 7.08. The van der Waals surface area contributed by atoms with Crippen LogP contribution in [0.2, 0.25) is 0 Å². The van der Waals surface area contributed by atoms with E-state index in [1.54, 1.807) is 42.3 Å². The molecule has 0 radical (unpaired) electrons. The minimum atomic E-state index is -1.22. The summed E-state index contributed by atoms with van der Waals surface area (Å²) in [6.45, 7) is 2.86. The molecular weight excluding hydrogens is 449 g/mol. The topological polar surface area (TPSA) is 102 Å². The summed E-state index contributed by atoms with van der Waals surface area (Å²) in [5.41, 5.74) is 6.58. The van der Waals surface area contributed by atoms with Crippen LogP contribution in [-0.2, 0) is 4.79 Å². The zero-order valence-corrected chi connectivity index (χ0v) is 19.6. The first-order valence-corrected chi connectivity index (χ1v) is 11.9. The van der Waals surface area contributed by atoms with Gasteiger partial charge >= 0.3 is 0 Å². The number of halogens is 1. The lowest BCUT2D eigenvalue weighted by atomic mass is 9.95. The van der Waals surface area contributed by atoms with E-state index in [0.717, 1.165) is 17.5 Å². The largest absolute Gasteiger partial charge is 0.368 e. The number of piperidine rings is 1. The lowest BCUT2D eigenvalue weighted by molar-refractivity contribution is -0.121. The molecule has 4 heterocycles. The van der Waals surface area contributed by atoms with Crippen LogP contribution in [0.5, 0.6) is 0 Å². The third-order valence-electron chi connectivity index (χ3n) is 7.08. The second-order valence-electron chi connectivity index (χ2n) is 9.64. The van der Waals surface area contributed by atoms with Crippen molar-refractivity contribution in [2.45, 2.75) is 44.3 Å². The van der Waals surface area contributed by atoms with Crippen LogP contribution in [0.4, 0.5) is 4.39 Å². The summed E-state index contributed by atoms with van der Waals surface area (Å²) in [6, 6.07) is 10.2. The van der Waals surface area contributed by atoms with Crippen LogP contribution >= 0.6 is 0 Å². The predicted octanol–water partition coefficient (Wildman–Crippen LogP) is 3.08. The smallest absolute Gasteiger partial charge is 0.255 e. The van der Waals surface area contributed by atoms with E-state index in [2.05, 4.69) is 4.98 Å². The lowest BCUT2D eigenvalue weighted by Gasteiger charge is -2.34. The van der Waals surface area contributed by atoms with Crippen LogP contribution in [0.1, 0.15) is 53.3 Å². The molecule has 0 spiro atoms. The molecule has 0 saturated carbocycles. The highest BCUT2D eigenvalue weighted by Gasteiger charge is 2.34. The average molecular weight is 478 g/mol. The Morgan fingerprint density at radius 2 is 1.83 bits per heavy atom. The van der Waals surface area contributed by atoms with E-state index in [1.165, 1.54) is 4.90 Å². The van der Waals surface area contributed by atoms with Gasteiger partial charge in [-0.05, 0) is 62.9 Å². The minimum absolute atomic E-state index is 0.148. The van der Waals surface area contributed by atoms with Gasteiger partial charge in [0.25, 0.3) is 11.8 Å². The van der Waals surface area contributed by atoms with Crippen LogP contribution in [0.3, 0.4) is 0 Å². The van der Waals surface area contributed by atoms with Crippen LogP contribution in [-0.4, -0.2) is 68.4 Å². The third kappa shape index (κ3) is 4.38. The zero-order valence-electron chi connectivity index (χ0n) is 19.6. The number of alkyl halides is 1. The number of hydrogen-bond acceptors (Lipinski definition) is 4. The Balaban J connectivity index is 1.39. The summed E-state index contributed by atoms with van der Waals surface area (Å²) < 4.78 is 16.0. The summed E-state index contributed by atoms with van der Waals surface area (Å²) in [4.78, 5) is 45.5. The molecule has 0 aliphatic carbocycles. The number of rotatable bonds is 4. The van der Waals surface area contributed by atoms with Gasteiger partial charge in [0.15, 0.2) is 0 Å². The van der Waals surface area contributed by atoms with E-state index in [9.17, 15) is 18.8 Å². The molecule has 1 atom stereocenters. The van der Waals surface area contributed by atoms with Gasteiger partial charge in [-0.25, -0.2) is 9.37 Å². The predicted molar refractivity (Wildman–Crippen MR) is 129 cm³/mol. The second kappa shape index (κ2) is 8.79. The molecule has 182 valence electrons. The fourth-order valence-electron chi connectivity index (χ4n) is 4.97. The molecule has 3 amide bonds. The van der Waals surface area contributed by atoms with Crippen molar-refractivity contribution in [1.82, 2.24) is 19.4 Å². The summed E-state index contributed by atoms with van der Waals surface area (Å²) in [7, 11) is 0. The summed E-state index contributed by atoms with van der Waals surface area (Å²) in [6.07, 6.45) is 5.37. The first-order chi connectivity index (χ1) is 16.7. The number of likely N-dealkylation sites (tertiary alicyclic amines) is 2. The molecule has 35 heavy (non-hydrogen) atoms. The Hall–Kier alpha value is -3.75. The summed E-state index contributed by atoms with van der Waals surface area (Å²) in [5.74, 6) is -0.859. The minimum Gasteiger partial charge on any atom is -0.368 e. The van der Waals surface area contributed by atoms with Crippen molar-refractivity contribution < 1.29 is 18.8 Å². The second-order valence-corrected chi connectivity index (χ2v) is 9.64. The number of amides is 3. The number of aromatic nitrogens is 2. The van der Waals surface area contributed by atoms with Crippen LogP contribution in [0, 0.1) is 0 Å². The highest BCUT2D eigenvalue weighted by atomic mass is 19.1. The number of carbonyl (C=O) groups excluding carboxylic acids is 3. The number of benzene rings is 1. The van der Waals surface area contributed by atoms with Crippen molar-refractivity contribution in [2.24, 2.45) is 5.73 Å². The van der Waals surface area contributed by atoms with E-state index in [4.69, 9.17) is 5.73 Å². The van der Waals surface area contributed by atoms with Crippen molar-refractivity contribution in [3.63, 3.8) is 0 Å². The average Bonchev–Trinajstić information content (AvgIpc) is 3.50. The first kappa shape index (κ1) is 23.0. The SMILES string of the molecule is CC1(F)CCN(C(=O)c2cnc3c(ccn3-c3cccc(C(=O)N4CCC[C@H]4C(N)=O)c3)c2)CC1. The Bertz CT molecular complexity index is 1310. The number of fused-ring (bicyclic) bond motifs is 1. The molecule has 2 aromatic heterocycles. The number of pyridine rings is 1.